The average Bonchev–Trinajstić information content (AvgIpc) is 3.46. The minimum absolute atomic E-state index is 0.0165. The fourth-order valence-electron chi connectivity index (χ4n) is 4.81. The summed E-state index contributed by atoms with van der Waals surface area (Å²) in [5, 5.41) is 6.46. The van der Waals surface area contributed by atoms with Crippen molar-refractivity contribution in [2.75, 3.05) is 18.8 Å². The van der Waals surface area contributed by atoms with Gasteiger partial charge in [0.15, 0.2) is 5.82 Å². The van der Waals surface area contributed by atoms with Crippen LogP contribution in [0.25, 0.3) is 16.8 Å². The van der Waals surface area contributed by atoms with E-state index in [0.717, 1.165) is 27.9 Å². The third-order valence-corrected chi connectivity index (χ3v) is 6.77. The second kappa shape index (κ2) is 9.84. The number of hydrogen-bond donors (Lipinski definition) is 2. The van der Waals surface area contributed by atoms with E-state index in [-0.39, 0.29) is 47.0 Å². The molecule has 1 aromatic carbocycles. The number of carbonyl (C=O) groups excluding carboxylic acids is 2. The number of benzene rings is 1. The Morgan fingerprint density at radius 1 is 1.07 bits per heavy atom. The van der Waals surface area contributed by atoms with E-state index in [1.165, 1.54) is 31.2 Å². The molecule has 1 saturated heterocycles. The number of nitrogen functional groups attached to an aromatic ring is 1. The van der Waals surface area contributed by atoms with E-state index in [1.807, 2.05) is 0 Å². The highest BCUT2D eigenvalue weighted by Crippen LogP contribution is 2.39. The van der Waals surface area contributed by atoms with Gasteiger partial charge < -0.3 is 16.0 Å². The fraction of sp³-hybridized carbons (Fsp3) is 0.269. The number of halogens is 5. The van der Waals surface area contributed by atoms with Gasteiger partial charge in [-0.25, -0.2) is 18.3 Å². The zero-order valence-corrected chi connectivity index (χ0v) is 21.1. The summed E-state index contributed by atoms with van der Waals surface area (Å²) in [6.45, 7) is 2.52. The van der Waals surface area contributed by atoms with E-state index in [2.05, 4.69) is 20.4 Å². The van der Waals surface area contributed by atoms with Crippen molar-refractivity contribution in [3.8, 4) is 11.3 Å². The van der Waals surface area contributed by atoms with E-state index in [4.69, 9.17) is 5.73 Å². The molecular formula is C26H22F5N7O2. The molecule has 4 aromatic rings. The molecule has 2 amide bonds. The lowest BCUT2D eigenvalue weighted by Gasteiger charge is -2.18. The second-order valence-corrected chi connectivity index (χ2v) is 9.39. The van der Waals surface area contributed by atoms with Crippen molar-refractivity contribution in [1.82, 2.24) is 29.8 Å². The topological polar surface area (TPSA) is 119 Å². The molecule has 14 heteroatoms. The zero-order valence-electron chi connectivity index (χ0n) is 21.1. The van der Waals surface area contributed by atoms with Crippen molar-refractivity contribution in [2.24, 2.45) is 0 Å². The number of anilines is 1. The summed E-state index contributed by atoms with van der Waals surface area (Å²) in [4.78, 5) is 35.0. The first-order chi connectivity index (χ1) is 18.9. The first kappa shape index (κ1) is 27.0. The molecule has 0 unspecified atom stereocenters. The molecule has 2 atom stereocenters. The fourth-order valence-corrected chi connectivity index (χ4v) is 4.81. The van der Waals surface area contributed by atoms with E-state index < -0.39 is 47.1 Å². The third-order valence-electron chi connectivity index (χ3n) is 6.77. The average molecular weight is 559 g/mol. The Kier molecular flexibility index (Phi) is 6.64. The number of carbonyl (C=O) groups is 2. The molecule has 208 valence electrons. The van der Waals surface area contributed by atoms with Crippen LogP contribution in [0.2, 0.25) is 0 Å². The molecule has 1 aliphatic heterocycles. The molecule has 0 radical (unpaired) electrons. The van der Waals surface area contributed by atoms with E-state index >= 15 is 0 Å². The van der Waals surface area contributed by atoms with Crippen LogP contribution in [0.3, 0.4) is 0 Å². The van der Waals surface area contributed by atoms with Gasteiger partial charge in [0, 0.05) is 17.8 Å². The number of fused-ring (bicyclic) bond motifs is 1. The molecular weight excluding hydrogens is 537 g/mol. The Morgan fingerprint density at radius 2 is 1.80 bits per heavy atom. The zero-order chi connectivity index (χ0) is 28.9. The smallest absolute Gasteiger partial charge is 0.382 e. The molecule has 1 aliphatic rings. The van der Waals surface area contributed by atoms with Crippen LogP contribution >= 0.6 is 0 Å². The summed E-state index contributed by atoms with van der Waals surface area (Å²) < 4.78 is 71.3. The molecule has 1 fully saturated rings. The molecule has 0 spiro atoms. The summed E-state index contributed by atoms with van der Waals surface area (Å²) >= 11 is 0. The quantitative estimate of drug-likeness (QED) is 0.368. The first-order valence-electron chi connectivity index (χ1n) is 12.0. The van der Waals surface area contributed by atoms with Crippen molar-refractivity contribution in [3.63, 3.8) is 0 Å². The van der Waals surface area contributed by atoms with Crippen LogP contribution in [0.1, 0.15) is 37.7 Å². The number of nitrogens with two attached hydrogens (primary N) is 1. The van der Waals surface area contributed by atoms with Crippen molar-refractivity contribution in [1.29, 1.82) is 0 Å². The number of nitrogens with zero attached hydrogens (tertiary/aromatic N) is 5. The standard InChI is InChI=1S/C26H22F5N7O2/c1-12-15(21-8-17(26(29,30)31)22-23(32)33-11-34-38(21)22)7-16(13(2)35-12)24(39)36-20-10-37(9-19(20)28)25(40)14-5-3-4-6-18(14)27/h3-8,11,19-20H,9-10H2,1-2H3,(H,36,39)(H2,32,33,34)/t19-,20+/m0/s1. The lowest BCUT2D eigenvalue weighted by Crippen LogP contribution is -2.42. The molecule has 9 nitrogen and oxygen atoms in total. The number of likely N-dealkylation sites (tertiary alicyclic amines) is 1. The van der Waals surface area contributed by atoms with Crippen LogP contribution in [0, 0.1) is 19.7 Å². The molecule has 0 saturated carbocycles. The molecule has 0 bridgehead atoms. The van der Waals surface area contributed by atoms with Crippen LogP contribution in [-0.4, -0.2) is 61.6 Å². The number of nitrogens with one attached hydrogen (secondary N) is 1. The molecule has 3 aromatic heterocycles. The number of hydrogen-bond acceptors (Lipinski definition) is 6. The summed E-state index contributed by atoms with van der Waals surface area (Å²) in [6, 6.07) is 6.40. The van der Waals surface area contributed by atoms with E-state index in [0.29, 0.717) is 5.69 Å². The molecule has 5 rings (SSSR count). The van der Waals surface area contributed by atoms with Gasteiger partial charge in [-0.1, -0.05) is 12.1 Å². The normalized spacial score (nSPS) is 17.4. The first-order valence-corrected chi connectivity index (χ1v) is 12.0. The Balaban J connectivity index is 1.45. The predicted molar refractivity (Wildman–Crippen MR) is 134 cm³/mol. The minimum atomic E-state index is -4.76. The van der Waals surface area contributed by atoms with Crippen molar-refractivity contribution >= 4 is 23.1 Å². The lowest BCUT2D eigenvalue weighted by atomic mass is 10.0. The predicted octanol–water partition coefficient (Wildman–Crippen LogP) is 3.74. The highest BCUT2D eigenvalue weighted by atomic mass is 19.4. The Labute approximate surface area is 223 Å². The summed E-state index contributed by atoms with van der Waals surface area (Å²) in [7, 11) is 0. The summed E-state index contributed by atoms with van der Waals surface area (Å²) in [5.41, 5.74) is 4.70. The van der Waals surface area contributed by atoms with Gasteiger partial charge >= 0.3 is 6.18 Å². The molecule has 4 heterocycles. The minimum Gasteiger partial charge on any atom is -0.382 e. The SMILES string of the molecule is Cc1nc(C)c(-c2cc(C(F)(F)F)c3c(N)ncnn23)cc1C(=O)N[C@@H]1CN(C(=O)c2ccccc2F)C[C@@H]1F. The highest BCUT2D eigenvalue weighted by Gasteiger charge is 2.39. The lowest BCUT2D eigenvalue weighted by molar-refractivity contribution is -0.136. The third kappa shape index (κ3) is 4.69. The molecule has 0 aliphatic carbocycles. The number of alkyl halides is 4. The number of rotatable bonds is 4. The maximum Gasteiger partial charge on any atom is 0.418 e. The van der Waals surface area contributed by atoms with Gasteiger partial charge in [0.2, 0.25) is 0 Å². The monoisotopic (exact) mass is 559 g/mol. The van der Waals surface area contributed by atoms with Gasteiger partial charge in [0.1, 0.15) is 23.8 Å². The largest absolute Gasteiger partial charge is 0.418 e. The number of pyridine rings is 1. The maximum absolute atomic E-state index is 14.9. The van der Waals surface area contributed by atoms with Crippen LogP contribution in [0.5, 0.6) is 0 Å². The maximum atomic E-state index is 14.9. The second-order valence-electron chi connectivity index (χ2n) is 9.39. The van der Waals surface area contributed by atoms with E-state index in [9.17, 15) is 31.5 Å². The van der Waals surface area contributed by atoms with E-state index in [1.54, 1.807) is 6.92 Å². The van der Waals surface area contributed by atoms with Gasteiger partial charge in [0.05, 0.1) is 40.7 Å². The van der Waals surface area contributed by atoms with Crippen LogP contribution in [-0.2, 0) is 6.18 Å². The number of amides is 2. The van der Waals surface area contributed by atoms with Crippen molar-refractivity contribution < 1.29 is 31.5 Å². The highest BCUT2D eigenvalue weighted by molar-refractivity contribution is 5.97. The van der Waals surface area contributed by atoms with Crippen molar-refractivity contribution in [2.45, 2.75) is 32.2 Å². The number of aryl methyl sites for hydroxylation is 2. The summed E-state index contributed by atoms with van der Waals surface area (Å²) in [6.07, 6.45) is -5.40. The van der Waals surface area contributed by atoms with Crippen molar-refractivity contribution in [3.05, 3.63) is 76.6 Å². The van der Waals surface area contributed by atoms with Gasteiger partial charge in [-0.15, -0.1) is 0 Å². The van der Waals surface area contributed by atoms with Crippen LogP contribution in [0.4, 0.5) is 27.8 Å². The van der Waals surface area contributed by atoms with Crippen LogP contribution < -0.4 is 11.1 Å². The van der Waals surface area contributed by atoms with Gasteiger partial charge in [-0.3, -0.25) is 14.6 Å². The Hall–Kier alpha value is -4.62. The Bertz CT molecular complexity index is 1650. The van der Waals surface area contributed by atoms with Gasteiger partial charge in [-0.05, 0) is 38.1 Å². The summed E-state index contributed by atoms with van der Waals surface area (Å²) in [5.74, 6) is -2.59. The van der Waals surface area contributed by atoms with Gasteiger partial charge in [0.25, 0.3) is 11.8 Å². The van der Waals surface area contributed by atoms with Gasteiger partial charge in [-0.2, -0.15) is 18.3 Å². The Morgan fingerprint density at radius 3 is 2.50 bits per heavy atom. The van der Waals surface area contributed by atoms with Crippen LogP contribution in [0.15, 0.2) is 42.7 Å². The molecule has 3 N–H and O–H groups in total. The number of aromatic nitrogens is 4. The molecule has 40 heavy (non-hydrogen) atoms.